The highest BCUT2D eigenvalue weighted by Gasteiger charge is 2.38. The van der Waals surface area contributed by atoms with E-state index in [1.807, 2.05) is 12.4 Å². The summed E-state index contributed by atoms with van der Waals surface area (Å²) in [4.78, 5) is 6.68. The number of nitrogens with zero attached hydrogens (tertiary/aromatic N) is 3. The third-order valence-corrected chi connectivity index (χ3v) is 3.40. The summed E-state index contributed by atoms with van der Waals surface area (Å²) >= 11 is 0. The highest BCUT2D eigenvalue weighted by molar-refractivity contribution is 5.77. The van der Waals surface area contributed by atoms with Gasteiger partial charge < -0.3 is 9.64 Å². The first-order chi connectivity index (χ1) is 7.88. The summed E-state index contributed by atoms with van der Waals surface area (Å²) in [6, 6.07) is 2.14. The lowest BCUT2D eigenvalue weighted by Crippen LogP contribution is -2.57. The van der Waals surface area contributed by atoms with Gasteiger partial charge in [0.1, 0.15) is 0 Å². The number of hydrogen-bond acceptors (Lipinski definition) is 4. The lowest BCUT2D eigenvalue weighted by molar-refractivity contribution is -0.133. The molecule has 0 radical (unpaired) electrons. The van der Waals surface area contributed by atoms with E-state index in [2.05, 4.69) is 26.1 Å². The third kappa shape index (κ3) is 1.15. The lowest BCUT2D eigenvalue weighted by Gasteiger charge is -2.47. The topological polar surface area (TPSA) is 54.0 Å². The Morgan fingerprint density at radius 1 is 1.38 bits per heavy atom. The number of ether oxygens (including phenoxy) is 1. The molecule has 2 unspecified atom stereocenters. The molecule has 2 bridgehead atoms. The molecule has 3 aliphatic rings. The maximum atomic E-state index is 5.62. The summed E-state index contributed by atoms with van der Waals surface area (Å²) < 4.78 is 5.62. The van der Waals surface area contributed by atoms with Crippen molar-refractivity contribution in [1.29, 1.82) is 0 Å². The molecule has 2 aromatic rings. The molecule has 0 aromatic carbocycles. The molecular weight excluding hydrogens is 204 g/mol. The molecule has 5 heteroatoms. The molecule has 82 valence electrons. The van der Waals surface area contributed by atoms with Crippen molar-refractivity contribution in [2.45, 2.75) is 18.6 Å². The summed E-state index contributed by atoms with van der Waals surface area (Å²) in [5.74, 6) is 0. The Balaban J connectivity index is 1.70. The smallest absolute Gasteiger partial charge is 0.180 e. The SMILES string of the molecule is c1nc2n[nH]cc2cc1N1CC2CC(C1)O2. The number of rotatable bonds is 1. The van der Waals surface area contributed by atoms with Gasteiger partial charge in [0, 0.05) is 31.1 Å². The second-order valence-corrected chi connectivity index (χ2v) is 4.51. The molecule has 0 aliphatic carbocycles. The number of anilines is 1. The predicted molar refractivity (Wildman–Crippen MR) is 59.4 cm³/mol. The molecule has 16 heavy (non-hydrogen) atoms. The number of H-pyrrole nitrogens is 1. The van der Waals surface area contributed by atoms with Crippen molar-refractivity contribution >= 4 is 16.7 Å². The van der Waals surface area contributed by atoms with Crippen LogP contribution < -0.4 is 4.90 Å². The highest BCUT2D eigenvalue weighted by atomic mass is 16.5. The Kier molecular flexibility index (Phi) is 1.57. The Bertz CT molecular complexity index is 522. The van der Waals surface area contributed by atoms with Crippen LogP contribution in [0.3, 0.4) is 0 Å². The summed E-state index contributed by atoms with van der Waals surface area (Å²) in [6.07, 6.45) is 5.86. The first kappa shape index (κ1) is 8.52. The van der Waals surface area contributed by atoms with Crippen molar-refractivity contribution < 1.29 is 4.74 Å². The summed E-state index contributed by atoms with van der Waals surface area (Å²) in [6.45, 7) is 1.98. The van der Waals surface area contributed by atoms with Gasteiger partial charge in [-0.05, 0) is 6.07 Å². The largest absolute Gasteiger partial charge is 0.371 e. The molecule has 2 aromatic heterocycles. The van der Waals surface area contributed by atoms with Crippen molar-refractivity contribution in [3.63, 3.8) is 0 Å². The average Bonchev–Trinajstić information content (AvgIpc) is 2.75. The number of aromatic amines is 1. The number of nitrogens with one attached hydrogen (secondary N) is 1. The van der Waals surface area contributed by atoms with Crippen molar-refractivity contribution in [2.75, 3.05) is 18.0 Å². The summed E-state index contributed by atoms with van der Waals surface area (Å²) in [7, 11) is 0. The van der Waals surface area contributed by atoms with Crippen molar-refractivity contribution in [2.24, 2.45) is 0 Å². The lowest BCUT2D eigenvalue weighted by atomic mass is 9.98. The highest BCUT2D eigenvalue weighted by Crippen LogP contribution is 2.31. The van der Waals surface area contributed by atoms with Crippen LogP contribution in [-0.4, -0.2) is 40.5 Å². The fraction of sp³-hybridized carbons (Fsp3) is 0.455. The van der Waals surface area contributed by atoms with Crippen LogP contribution in [-0.2, 0) is 4.74 Å². The first-order valence-corrected chi connectivity index (χ1v) is 5.58. The van der Waals surface area contributed by atoms with Gasteiger partial charge in [-0.15, -0.1) is 0 Å². The minimum absolute atomic E-state index is 0.429. The molecule has 1 N–H and O–H groups in total. The van der Waals surface area contributed by atoms with E-state index in [0.717, 1.165) is 24.1 Å². The minimum atomic E-state index is 0.429. The molecule has 3 fully saturated rings. The van der Waals surface area contributed by atoms with Gasteiger partial charge in [-0.1, -0.05) is 0 Å². The van der Waals surface area contributed by atoms with Crippen LogP contribution in [0, 0.1) is 0 Å². The maximum absolute atomic E-state index is 5.62. The predicted octanol–water partition coefficient (Wildman–Crippen LogP) is 0.935. The fourth-order valence-corrected chi connectivity index (χ4v) is 2.56. The zero-order valence-corrected chi connectivity index (χ0v) is 8.76. The Morgan fingerprint density at radius 2 is 2.19 bits per heavy atom. The molecule has 0 saturated carbocycles. The molecule has 0 amide bonds. The van der Waals surface area contributed by atoms with E-state index in [-0.39, 0.29) is 0 Å². The minimum Gasteiger partial charge on any atom is -0.371 e. The summed E-state index contributed by atoms with van der Waals surface area (Å²) in [5, 5.41) is 7.95. The van der Waals surface area contributed by atoms with Crippen LogP contribution in [0.4, 0.5) is 5.69 Å². The Hall–Kier alpha value is -1.62. The van der Waals surface area contributed by atoms with Crippen molar-refractivity contribution in [3.8, 4) is 0 Å². The standard InChI is InChI=1S/C11H12N4O/c1-7-3-13-14-11(7)12-4-8(1)15-5-9-2-10(6-15)16-9/h1,3-4,9-10H,2,5-6H2,(H,12,13,14). The van der Waals surface area contributed by atoms with E-state index in [1.54, 1.807) is 0 Å². The van der Waals surface area contributed by atoms with Gasteiger partial charge in [-0.25, -0.2) is 4.98 Å². The number of pyridine rings is 1. The zero-order chi connectivity index (χ0) is 10.5. The van der Waals surface area contributed by atoms with Crippen molar-refractivity contribution in [1.82, 2.24) is 15.2 Å². The van der Waals surface area contributed by atoms with Gasteiger partial charge in [0.05, 0.1) is 24.1 Å². The molecule has 3 saturated heterocycles. The van der Waals surface area contributed by atoms with Crippen LogP contribution >= 0.6 is 0 Å². The van der Waals surface area contributed by atoms with E-state index in [9.17, 15) is 0 Å². The normalized spacial score (nSPS) is 28.1. The Labute approximate surface area is 92.4 Å². The van der Waals surface area contributed by atoms with Gasteiger partial charge >= 0.3 is 0 Å². The first-order valence-electron chi connectivity index (χ1n) is 5.58. The maximum Gasteiger partial charge on any atom is 0.180 e. The van der Waals surface area contributed by atoms with Crippen LogP contribution in [0.15, 0.2) is 18.5 Å². The molecule has 5 rings (SSSR count). The van der Waals surface area contributed by atoms with Crippen LogP contribution in [0.2, 0.25) is 0 Å². The van der Waals surface area contributed by atoms with E-state index in [0.29, 0.717) is 12.2 Å². The van der Waals surface area contributed by atoms with Gasteiger partial charge in [-0.3, -0.25) is 5.10 Å². The number of morpholine rings is 1. The van der Waals surface area contributed by atoms with Crippen LogP contribution in [0.1, 0.15) is 6.42 Å². The number of fused-ring (bicyclic) bond motifs is 3. The van der Waals surface area contributed by atoms with Crippen molar-refractivity contribution in [3.05, 3.63) is 18.5 Å². The van der Waals surface area contributed by atoms with E-state index in [1.165, 1.54) is 12.1 Å². The molecule has 5 nitrogen and oxygen atoms in total. The van der Waals surface area contributed by atoms with Crippen LogP contribution in [0.25, 0.3) is 11.0 Å². The van der Waals surface area contributed by atoms with Gasteiger partial charge in [0.25, 0.3) is 0 Å². The zero-order valence-electron chi connectivity index (χ0n) is 8.76. The second-order valence-electron chi connectivity index (χ2n) is 4.51. The average molecular weight is 216 g/mol. The molecule has 3 aliphatic heterocycles. The fourth-order valence-electron chi connectivity index (χ4n) is 2.56. The number of aromatic nitrogens is 3. The third-order valence-electron chi connectivity index (χ3n) is 3.40. The quantitative estimate of drug-likeness (QED) is 0.770. The number of hydrogen-bond donors (Lipinski definition) is 1. The monoisotopic (exact) mass is 216 g/mol. The van der Waals surface area contributed by atoms with Crippen LogP contribution in [0.5, 0.6) is 0 Å². The molecule has 0 spiro atoms. The van der Waals surface area contributed by atoms with E-state index in [4.69, 9.17) is 4.74 Å². The molecule has 2 atom stereocenters. The van der Waals surface area contributed by atoms with Gasteiger partial charge in [0.15, 0.2) is 5.65 Å². The van der Waals surface area contributed by atoms with E-state index < -0.39 is 0 Å². The summed E-state index contributed by atoms with van der Waals surface area (Å²) in [5.41, 5.74) is 1.95. The van der Waals surface area contributed by atoms with E-state index >= 15 is 0 Å². The Morgan fingerprint density at radius 3 is 3.00 bits per heavy atom. The van der Waals surface area contributed by atoms with Gasteiger partial charge in [0.2, 0.25) is 0 Å². The molecular formula is C11H12N4O. The second kappa shape index (κ2) is 2.95. The molecule has 5 heterocycles. The number of piperidine rings is 1. The van der Waals surface area contributed by atoms with Gasteiger partial charge in [-0.2, -0.15) is 5.10 Å².